The van der Waals surface area contributed by atoms with Gasteiger partial charge < -0.3 is 5.32 Å². The van der Waals surface area contributed by atoms with Crippen molar-refractivity contribution in [3.63, 3.8) is 0 Å². The van der Waals surface area contributed by atoms with Gasteiger partial charge in [-0.05, 0) is 23.5 Å². The topological polar surface area (TPSA) is 66.5 Å². The number of hydrogen-bond donors (Lipinski definition) is 2. The fourth-order valence-electron chi connectivity index (χ4n) is 1.98. The molecule has 1 aromatic rings. The predicted octanol–water partition coefficient (Wildman–Crippen LogP) is 1.05. The van der Waals surface area contributed by atoms with Crippen molar-refractivity contribution in [3.05, 3.63) is 0 Å². The largest absolute Gasteiger partial charge is 0.351 e. The zero-order valence-corrected chi connectivity index (χ0v) is 7.82. The van der Waals surface area contributed by atoms with Gasteiger partial charge in [0.1, 0.15) is 0 Å². The molecule has 0 amide bonds. The van der Waals surface area contributed by atoms with Crippen molar-refractivity contribution in [2.45, 2.75) is 26.2 Å². The van der Waals surface area contributed by atoms with E-state index in [0.29, 0.717) is 5.95 Å². The molecular weight excluding hydrogens is 166 g/mol. The second-order valence-electron chi connectivity index (χ2n) is 3.78. The zero-order valence-electron chi connectivity index (χ0n) is 7.82. The Morgan fingerprint density at radius 1 is 1.54 bits per heavy atom. The lowest BCUT2D eigenvalue weighted by Crippen LogP contribution is -2.17. The Hall–Kier alpha value is -1.13. The second kappa shape index (κ2) is 3.72. The van der Waals surface area contributed by atoms with E-state index < -0.39 is 0 Å². The lowest BCUT2D eigenvalue weighted by atomic mass is 9.98. The normalized spacial score (nSPS) is 27.8. The lowest BCUT2D eigenvalue weighted by Gasteiger charge is -2.14. The summed E-state index contributed by atoms with van der Waals surface area (Å²) in [4.78, 5) is 0. The molecule has 1 aliphatic carbocycles. The van der Waals surface area contributed by atoms with Crippen molar-refractivity contribution >= 4 is 5.95 Å². The molecule has 1 saturated carbocycles. The second-order valence-corrected chi connectivity index (χ2v) is 3.78. The molecule has 0 spiro atoms. The number of rotatable bonds is 3. The third kappa shape index (κ3) is 1.96. The number of anilines is 1. The highest BCUT2D eigenvalue weighted by Gasteiger charge is 2.22. The summed E-state index contributed by atoms with van der Waals surface area (Å²) < 4.78 is 0. The molecule has 2 N–H and O–H groups in total. The van der Waals surface area contributed by atoms with E-state index in [1.54, 1.807) is 0 Å². The van der Waals surface area contributed by atoms with Gasteiger partial charge in [0, 0.05) is 6.54 Å². The van der Waals surface area contributed by atoms with Gasteiger partial charge in [0.15, 0.2) is 0 Å². The molecule has 1 aromatic heterocycles. The van der Waals surface area contributed by atoms with Crippen LogP contribution in [0.1, 0.15) is 26.2 Å². The number of nitrogens with zero attached hydrogens (tertiary/aromatic N) is 3. The fourth-order valence-corrected chi connectivity index (χ4v) is 1.98. The monoisotopic (exact) mass is 181 g/mol. The van der Waals surface area contributed by atoms with Gasteiger partial charge in [-0.3, -0.25) is 0 Å². The first-order chi connectivity index (χ1) is 6.36. The Morgan fingerprint density at radius 3 is 3.08 bits per heavy atom. The molecule has 0 aliphatic heterocycles. The van der Waals surface area contributed by atoms with Crippen LogP contribution in [0.2, 0.25) is 0 Å². The average molecular weight is 181 g/mol. The molecule has 1 heterocycles. The van der Waals surface area contributed by atoms with Crippen molar-refractivity contribution in [1.29, 1.82) is 0 Å². The van der Waals surface area contributed by atoms with Gasteiger partial charge >= 0.3 is 0 Å². The summed E-state index contributed by atoms with van der Waals surface area (Å²) in [5, 5.41) is 16.8. The van der Waals surface area contributed by atoms with Crippen molar-refractivity contribution in [2.75, 3.05) is 11.9 Å². The van der Waals surface area contributed by atoms with Crippen molar-refractivity contribution in [1.82, 2.24) is 20.6 Å². The van der Waals surface area contributed by atoms with Gasteiger partial charge in [-0.15, -0.1) is 5.10 Å². The first-order valence-electron chi connectivity index (χ1n) is 4.83. The van der Waals surface area contributed by atoms with Crippen LogP contribution in [0, 0.1) is 11.8 Å². The van der Waals surface area contributed by atoms with Crippen molar-refractivity contribution < 1.29 is 0 Å². The molecule has 1 fully saturated rings. The first kappa shape index (κ1) is 8.47. The third-order valence-electron chi connectivity index (χ3n) is 2.91. The number of tetrazole rings is 1. The van der Waals surface area contributed by atoms with Gasteiger partial charge in [-0.1, -0.05) is 24.9 Å². The molecule has 5 nitrogen and oxygen atoms in total. The summed E-state index contributed by atoms with van der Waals surface area (Å²) in [7, 11) is 0. The minimum absolute atomic E-state index is 0.610. The maximum Gasteiger partial charge on any atom is 0.263 e. The Labute approximate surface area is 77.3 Å². The maximum absolute atomic E-state index is 3.84. The number of aromatic amines is 1. The SMILES string of the molecule is CC1CCCC1CNc1nn[nH]n1. The molecule has 2 unspecified atom stereocenters. The molecular formula is C8H15N5. The van der Waals surface area contributed by atoms with E-state index in [4.69, 9.17) is 0 Å². The van der Waals surface area contributed by atoms with Crippen LogP contribution >= 0.6 is 0 Å². The quantitative estimate of drug-likeness (QED) is 0.731. The van der Waals surface area contributed by atoms with Crippen LogP contribution in [0.25, 0.3) is 0 Å². The highest BCUT2D eigenvalue weighted by atomic mass is 15.5. The maximum atomic E-state index is 3.84. The van der Waals surface area contributed by atoms with Crippen LogP contribution in [0.3, 0.4) is 0 Å². The van der Waals surface area contributed by atoms with E-state index in [9.17, 15) is 0 Å². The first-order valence-corrected chi connectivity index (χ1v) is 4.83. The van der Waals surface area contributed by atoms with E-state index in [1.807, 2.05) is 0 Å². The van der Waals surface area contributed by atoms with Crippen LogP contribution in [0.5, 0.6) is 0 Å². The number of aromatic nitrogens is 4. The molecule has 2 rings (SSSR count). The van der Waals surface area contributed by atoms with Gasteiger partial charge in [0.05, 0.1) is 0 Å². The fraction of sp³-hybridized carbons (Fsp3) is 0.875. The Bertz CT molecular complexity index is 245. The molecule has 13 heavy (non-hydrogen) atoms. The van der Waals surface area contributed by atoms with Gasteiger partial charge in [-0.25, -0.2) is 0 Å². The lowest BCUT2D eigenvalue weighted by molar-refractivity contribution is 0.439. The van der Waals surface area contributed by atoms with Gasteiger partial charge in [0.2, 0.25) is 0 Å². The average Bonchev–Trinajstić information content (AvgIpc) is 2.72. The molecule has 0 radical (unpaired) electrons. The van der Waals surface area contributed by atoms with Crippen LogP contribution in [0.15, 0.2) is 0 Å². The number of H-pyrrole nitrogens is 1. The van der Waals surface area contributed by atoms with E-state index >= 15 is 0 Å². The third-order valence-corrected chi connectivity index (χ3v) is 2.91. The smallest absolute Gasteiger partial charge is 0.263 e. The summed E-state index contributed by atoms with van der Waals surface area (Å²) in [6.45, 7) is 3.29. The van der Waals surface area contributed by atoms with Crippen LogP contribution < -0.4 is 5.32 Å². The van der Waals surface area contributed by atoms with Crippen LogP contribution in [-0.2, 0) is 0 Å². The highest BCUT2D eigenvalue weighted by molar-refractivity contribution is 5.18. The Morgan fingerprint density at radius 2 is 2.46 bits per heavy atom. The number of hydrogen-bond acceptors (Lipinski definition) is 4. The predicted molar refractivity (Wildman–Crippen MR) is 49.2 cm³/mol. The summed E-state index contributed by atoms with van der Waals surface area (Å²) in [6, 6.07) is 0. The van der Waals surface area contributed by atoms with E-state index in [1.165, 1.54) is 19.3 Å². The van der Waals surface area contributed by atoms with E-state index in [0.717, 1.165) is 18.4 Å². The molecule has 0 aromatic carbocycles. The summed E-state index contributed by atoms with van der Waals surface area (Å²) in [5.74, 6) is 2.22. The summed E-state index contributed by atoms with van der Waals surface area (Å²) in [6.07, 6.45) is 4.05. The number of nitrogens with one attached hydrogen (secondary N) is 2. The van der Waals surface area contributed by atoms with E-state index in [2.05, 4.69) is 32.9 Å². The van der Waals surface area contributed by atoms with Crippen LogP contribution in [0.4, 0.5) is 5.95 Å². The Kier molecular flexibility index (Phi) is 2.42. The molecule has 0 bridgehead atoms. The van der Waals surface area contributed by atoms with Gasteiger partial charge in [0.25, 0.3) is 5.95 Å². The van der Waals surface area contributed by atoms with Crippen LogP contribution in [-0.4, -0.2) is 27.2 Å². The zero-order chi connectivity index (χ0) is 9.10. The minimum atomic E-state index is 0.610. The van der Waals surface area contributed by atoms with Gasteiger partial charge in [-0.2, -0.15) is 5.21 Å². The van der Waals surface area contributed by atoms with E-state index in [-0.39, 0.29) is 0 Å². The summed E-state index contributed by atoms with van der Waals surface area (Å²) >= 11 is 0. The molecule has 5 heteroatoms. The molecule has 72 valence electrons. The highest BCUT2D eigenvalue weighted by Crippen LogP contribution is 2.30. The molecule has 1 aliphatic rings. The molecule has 2 atom stereocenters. The minimum Gasteiger partial charge on any atom is -0.351 e. The Balaban J connectivity index is 1.79. The van der Waals surface area contributed by atoms with Crippen molar-refractivity contribution in [2.24, 2.45) is 11.8 Å². The molecule has 0 saturated heterocycles. The standard InChI is InChI=1S/C8H15N5/c1-6-3-2-4-7(6)5-9-8-10-12-13-11-8/h6-7H,2-5H2,1H3,(H2,9,10,11,12,13). The summed E-state index contributed by atoms with van der Waals surface area (Å²) in [5.41, 5.74) is 0. The van der Waals surface area contributed by atoms with Crippen molar-refractivity contribution in [3.8, 4) is 0 Å².